The van der Waals surface area contributed by atoms with Crippen LogP contribution in [0.25, 0.3) is 5.69 Å². The number of rotatable bonds is 3. The van der Waals surface area contributed by atoms with Crippen molar-refractivity contribution in [3.05, 3.63) is 110 Å². The van der Waals surface area contributed by atoms with Crippen LogP contribution in [-0.4, -0.2) is 14.9 Å². The number of ketones is 1. The van der Waals surface area contributed by atoms with Crippen LogP contribution in [0, 0.1) is 0 Å². The van der Waals surface area contributed by atoms with Crippen LogP contribution in [0.4, 0.5) is 13.2 Å². The van der Waals surface area contributed by atoms with E-state index in [4.69, 9.17) is 11.6 Å². The topological polar surface area (TPSA) is 61.1 Å². The van der Waals surface area contributed by atoms with Gasteiger partial charge in [-0.15, -0.1) is 13.2 Å². The van der Waals surface area contributed by atoms with Crippen LogP contribution in [0.5, 0.6) is 0 Å². The molecule has 0 amide bonds. The fourth-order valence-corrected chi connectivity index (χ4v) is 2.91. The maximum absolute atomic E-state index is 13.0. The summed E-state index contributed by atoms with van der Waals surface area (Å²) in [6.07, 6.45) is -4.86. The number of halogens is 4. The van der Waals surface area contributed by atoms with Crippen LogP contribution in [0.3, 0.4) is 0 Å². The Morgan fingerprint density at radius 1 is 1.00 bits per heavy atom. The Labute approximate surface area is 174 Å². The summed E-state index contributed by atoms with van der Waals surface area (Å²) in [6.45, 7) is 6.00. The van der Waals surface area contributed by atoms with Gasteiger partial charge in [0.15, 0.2) is 5.78 Å². The monoisotopic (exact) mass is 436 g/mol. The zero-order valence-electron chi connectivity index (χ0n) is 15.7. The molecule has 0 aliphatic rings. The zero-order chi connectivity index (χ0) is 22.6. The number of benzene rings is 2. The standard InChI is InChI=1S/C19H12ClF3N2O3.C2H4/c1-24-15(19(21,22)23)10-16(26)25(18(24)28)12-7-8-14(20)13(9-12)17(27)11-5-3-2-4-6-11;1-2/h2-10H,1H3;1-2H2. The van der Waals surface area contributed by atoms with Crippen molar-refractivity contribution in [3.63, 3.8) is 0 Å². The first-order valence-corrected chi connectivity index (χ1v) is 8.79. The molecule has 0 radical (unpaired) electrons. The number of nitrogens with zero attached hydrogens (tertiary/aromatic N) is 2. The Hall–Kier alpha value is -3.39. The van der Waals surface area contributed by atoms with Crippen molar-refractivity contribution >= 4 is 17.4 Å². The molecule has 0 N–H and O–H groups in total. The number of aromatic nitrogens is 2. The minimum Gasteiger partial charge on any atom is -0.292 e. The first-order valence-electron chi connectivity index (χ1n) is 8.41. The van der Waals surface area contributed by atoms with Gasteiger partial charge in [0.1, 0.15) is 5.69 Å². The highest BCUT2D eigenvalue weighted by Crippen LogP contribution is 2.27. The van der Waals surface area contributed by atoms with Gasteiger partial charge < -0.3 is 0 Å². The first kappa shape index (κ1) is 22.9. The van der Waals surface area contributed by atoms with E-state index in [1.807, 2.05) is 0 Å². The predicted octanol–water partition coefficient (Wildman–Crippen LogP) is 4.24. The largest absolute Gasteiger partial charge is 0.431 e. The molecule has 0 spiro atoms. The van der Waals surface area contributed by atoms with Crippen LogP contribution >= 0.6 is 11.6 Å². The molecule has 0 aliphatic heterocycles. The summed E-state index contributed by atoms with van der Waals surface area (Å²) in [4.78, 5) is 37.3. The summed E-state index contributed by atoms with van der Waals surface area (Å²) in [5, 5.41) is 0.0781. The van der Waals surface area contributed by atoms with Gasteiger partial charge in [0, 0.05) is 24.2 Å². The third-order valence-electron chi connectivity index (χ3n) is 4.10. The zero-order valence-corrected chi connectivity index (χ0v) is 16.5. The number of carbonyl (C=O) groups is 1. The summed E-state index contributed by atoms with van der Waals surface area (Å²) < 4.78 is 39.8. The van der Waals surface area contributed by atoms with Crippen molar-refractivity contribution in [2.24, 2.45) is 7.05 Å². The highest BCUT2D eigenvalue weighted by molar-refractivity contribution is 6.35. The molecule has 0 fully saturated rings. The van der Waals surface area contributed by atoms with E-state index in [9.17, 15) is 27.6 Å². The van der Waals surface area contributed by atoms with Gasteiger partial charge in [0.05, 0.1) is 10.7 Å². The number of carbonyl (C=O) groups excluding carboxylic acids is 1. The lowest BCUT2D eigenvalue weighted by molar-refractivity contribution is -0.144. The van der Waals surface area contributed by atoms with Gasteiger partial charge in [-0.3, -0.25) is 14.2 Å². The molecule has 1 aromatic heterocycles. The average molecular weight is 437 g/mol. The lowest BCUT2D eigenvalue weighted by Gasteiger charge is -2.14. The molecular weight excluding hydrogens is 421 g/mol. The molecule has 0 unspecified atom stereocenters. The van der Waals surface area contributed by atoms with Crippen molar-refractivity contribution in [1.29, 1.82) is 0 Å². The summed E-state index contributed by atoms with van der Waals surface area (Å²) in [5.41, 5.74) is -3.46. The molecule has 9 heteroatoms. The van der Waals surface area contributed by atoms with E-state index in [0.29, 0.717) is 20.8 Å². The minimum absolute atomic E-state index is 0.0132. The smallest absolute Gasteiger partial charge is 0.292 e. The number of hydrogen-bond donors (Lipinski definition) is 0. The van der Waals surface area contributed by atoms with E-state index in [-0.39, 0.29) is 16.3 Å². The van der Waals surface area contributed by atoms with Gasteiger partial charge in [0.25, 0.3) is 5.56 Å². The quantitative estimate of drug-likeness (QED) is 0.455. The molecule has 0 bridgehead atoms. The second-order valence-electron chi connectivity index (χ2n) is 5.90. The summed E-state index contributed by atoms with van der Waals surface area (Å²) in [5.74, 6) is -0.454. The van der Waals surface area contributed by atoms with E-state index < -0.39 is 28.9 Å². The molecule has 3 rings (SSSR count). The lowest BCUT2D eigenvalue weighted by atomic mass is 10.0. The second-order valence-corrected chi connectivity index (χ2v) is 6.31. The van der Waals surface area contributed by atoms with Crippen LogP contribution < -0.4 is 11.2 Å². The SMILES string of the molecule is C=C.Cn1c(C(F)(F)F)cc(=O)n(-c2ccc(Cl)c(C(=O)c3ccccc3)c2)c1=O. The average Bonchev–Trinajstić information content (AvgIpc) is 2.72. The normalized spacial score (nSPS) is 10.8. The van der Waals surface area contributed by atoms with Crippen LogP contribution in [0.1, 0.15) is 21.6 Å². The van der Waals surface area contributed by atoms with Crippen LogP contribution in [-0.2, 0) is 13.2 Å². The molecule has 0 saturated heterocycles. The maximum Gasteiger partial charge on any atom is 0.431 e. The van der Waals surface area contributed by atoms with E-state index in [1.54, 1.807) is 30.3 Å². The van der Waals surface area contributed by atoms with Crippen LogP contribution in [0.2, 0.25) is 5.02 Å². The summed E-state index contributed by atoms with van der Waals surface area (Å²) in [6, 6.07) is 12.3. The lowest BCUT2D eigenvalue weighted by Crippen LogP contribution is -2.40. The van der Waals surface area contributed by atoms with Gasteiger partial charge in [-0.1, -0.05) is 41.9 Å². The van der Waals surface area contributed by atoms with Crippen molar-refractivity contribution in [2.45, 2.75) is 6.18 Å². The fourth-order valence-electron chi connectivity index (χ4n) is 2.71. The molecule has 30 heavy (non-hydrogen) atoms. The minimum atomic E-state index is -4.86. The van der Waals surface area contributed by atoms with Gasteiger partial charge in [-0.05, 0) is 18.2 Å². The summed E-state index contributed by atoms with van der Waals surface area (Å²) >= 11 is 6.08. The van der Waals surface area contributed by atoms with Gasteiger partial charge in [-0.25, -0.2) is 9.36 Å². The Morgan fingerprint density at radius 3 is 2.17 bits per heavy atom. The Morgan fingerprint density at radius 2 is 1.60 bits per heavy atom. The molecule has 1 heterocycles. The fraction of sp³-hybridized carbons (Fsp3) is 0.0952. The van der Waals surface area contributed by atoms with Gasteiger partial charge >= 0.3 is 11.9 Å². The maximum atomic E-state index is 13.0. The Balaban J connectivity index is 0.00000155. The summed E-state index contributed by atoms with van der Waals surface area (Å²) in [7, 11) is 0.910. The first-order chi connectivity index (χ1) is 14.1. The molecule has 0 atom stereocenters. The molecular formula is C21H16ClF3N2O3. The van der Waals surface area contributed by atoms with E-state index in [2.05, 4.69) is 13.2 Å². The van der Waals surface area contributed by atoms with Crippen molar-refractivity contribution in [2.75, 3.05) is 0 Å². The van der Waals surface area contributed by atoms with Crippen molar-refractivity contribution in [3.8, 4) is 5.69 Å². The van der Waals surface area contributed by atoms with E-state index in [1.165, 1.54) is 18.2 Å². The van der Waals surface area contributed by atoms with E-state index >= 15 is 0 Å². The number of alkyl halides is 3. The molecule has 2 aromatic carbocycles. The number of hydrogen-bond acceptors (Lipinski definition) is 3. The van der Waals surface area contributed by atoms with Gasteiger partial charge in [0.2, 0.25) is 0 Å². The van der Waals surface area contributed by atoms with Gasteiger partial charge in [-0.2, -0.15) is 13.2 Å². The second kappa shape index (κ2) is 8.96. The Kier molecular flexibility index (Phi) is 6.84. The van der Waals surface area contributed by atoms with Crippen molar-refractivity contribution in [1.82, 2.24) is 9.13 Å². The highest BCUT2D eigenvalue weighted by Gasteiger charge is 2.35. The molecule has 156 valence electrons. The molecule has 3 aromatic rings. The third kappa shape index (κ3) is 4.44. The van der Waals surface area contributed by atoms with Crippen LogP contribution in [0.15, 0.2) is 77.3 Å². The molecule has 5 nitrogen and oxygen atoms in total. The molecule has 0 aliphatic carbocycles. The molecule has 0 saturated carbocycles. The highest BCUT2D eigenvalue weighted by atomic mass is 35.5. The van der Waals surface area contributed by atoms with Crippen molar-refractivity contribution < 1.29 is 18.0 Å². The van der Waals surface area contributed by atoms with E-state index in [0.717, 1.165) is 7.05 Å². The third-order valence-corrected chi connectivity index (χ3v) is 4.43. The Bertz CT molecular complexity index is 1200. The predicted molar refractivity (Wildman–Crippen MR) is 108 cm³/mol.